The molecule has 0 unspecified atom stereocenters. The minimum absolute atomic E-state index is 0.371. The van der Waals surface area contributed by atoms with Crippen LogP contribution >= 0.6 is 0 Å². The number of aliphatic hydroxyl groups excluding tert-OH is 1. The lowest BCUT2D eigenvalue weighted by atomic mass is 9.44. The van der Waals surface area contributed by atoms with E-state index in [9.17, 15) is 10.2 Å². The molecule has 2 heteroatoms. The molecule has 0 aromatic carbocycles. The first-order valence-corrected chi connectivity index (χ1v) is 10.6. The fourth-order valence-electron chi connectivity index (χ4n) is 8.17. The van der Waals surface area contributed by atoms with Crippen molar-refractivity contribution in [3.63, 3.8) is 0 Å². The van der Waals surface area contributed by atoms with Gasteiger partial charge in [0.2, 0.25) is 0 Å². The summed E-state index contributed by atoms with van der Waals surface area (Å²) in [6.45, 7) is 7.57. The Bertz CT molecular complexity index is 486. The van der Waals surface area contributed by atoms with Gasteiger partial charge >= 0.3 is 0 Å². The molecule has 2 nitrogen and oxygen atoms in total. The van der Waals surface area contributed by atoms with Gasteiger partial charge in [0.15, 0.2) is 0 Å². The van der Waals surface area contributed by atoms with E-state index in [0.29, 0.717) is 17.4 Å². The molecule has 0 aromatic rings. The Kier molecular flexibility index (Phi) is 4.12. The van der Waals surface area contributed by atoms with Crippen molar-refractivity contribution in [2.45, 2.75) is 90.6 Å². The lowest BCUT2D eigenvalue weighted by Gasteiger charge is -2.62. The second-order valence-electron chi connectivity index (χ2n) is 10.7. The van der Waals surface area contributed by atoms with Crippen molar-refractivity contribution in [3.05, 3.63) is 0 Å². The highest BCUT2D eigenvalue weighted by atomic mass is 16.3. The molecule has 4 aliphatic rings. The van der Waals surface area contributed by atoms with Gasteiger partial charge in [-0.05, 0) is 112 Å². The van der Waals surface area contributed by atoms with E-state index in [0.717, 1.165) is 48.9 Å². The summed E-state index contributed by atoms with van der Waals surface area (Å²) in [5.41, 5.74) is 0.550. The number of aliphatic hydroxyl groups is 2. The molecule has 0 aromatic heterocycles. The Balaban J connectivity index is 1.58. The number of hydrogen-bond acceptors (Lipinski definition) is 2. The maximum Gasteiger partial charge on any atom is 0.0622 e. The Morgan fingerprint density at radius 1 is 0.833 bits per heavy atom. The second-order valence-corrected chi connectivity index (χ2v) is 10.7. The molecule has 0 saturated heterocycles. The molecule has 0 bridgehead atoms. The standard InChI is InChI=1S/C22H38O2/c1-20(24)11-12-22(3)16(14-20)4-6-17-18-7-5-15(9-13-23)21(18,2)10-8-19(17)22/h15-19,23-24H,4-14H2,1-3H3/t15-,16-,17+,18-,19-,20+,21-,22-/m0/s1. The van der Waals surface area contributed by atoms with Crippen LogP contribution in [0, 0.1) is 40.4 Å². The summed E-state index contributed by atoms with van der Waals surface area (Å²) >= 11 is 0. The summed E-state index contributed by atoms with van der Waals surface area (Å²) in [5.74, 6) is 4.19. The van der Waals surface area contributed by atoms with E-state index in [1.807, 2.05) is 0 Å². The monoisotopic (exact) mass is 334 g/mol. The van der Waals surface area contributed by atoms with Crippen LogP contribution in [0.15, 0.2) is 0 Å². The summed E-state index contributed by atoms with van der Waals surface area (Å²) in [7, 11) is 0. The van der Waals surface area contributed by atoms with Crippen LogP contribution in [0.2, 0.25) is 0 Å². The highest BCUT2D eigenvalue weighted by molar-refractivity contribution is 5.10. The largest absolute Gasteiger partial charge is 0.396 e. The molecule has 4 fully saturated rings. The van der Waals surface area contributed by atoms with Crippen LogP contribution in [0.1, 0.15) is 85.0 Å². The van der Waals surface area contributed by atoms with Gasteiger partial charge in [-0.2, -0.15) is 0 Å². The van der Waals surface area contributed by atoms with E-state index in [2.05, 4.69) is 20.8 Å². The van der Waals surface area contributed by atoms with Crippen LogP contribution in [-0.2, 0) is 0 Å². The fraction of sp³-hybridized carbons (Fsp3) is 1.00. The first-order chi connectivity index (χ1) is 11.3. The van der Waals surface area contributed by atoms with Crippen molar-refractivity contribution in [1.82, 2.24) is 0 Å². The topological polar surface area (TPSA) is 40.5 Å². The number of fused-ring (bicyclic) bond motifs is 5. The Morgan fingerprint density at radius 3 is 2.33 bits per heavy atom. The summed E-state index contributed by atoms with van der Waals surface area (Å²) in [4.78, 5) is 0. The van der Waals surface area contributed by atoms with E-state index >= 15 is 0 Å². The van der Waals surface area contributed by atoms with Gasteiger partial charge in [-0.15, -0.1) is 0 Å². The summed E-state index contributed by atoms with van der Waals surface area (Å²) in [6, 6.07) is 0. The van der Waals surface area contributed by atoms with E-state index in [-0.39, 0.29) is 0 Å². The smallest absolute Gasteiger partial charge is 0.0622 e. The molecular weight excluding hydrogens is 296 g/mol. The molecule has 4 rings (SSSR count). The normalized spacial score (nSPS) is 57.1. The lowest BCUT2D eigenvalue weighted by molar-refractivity contribution is -0.146. The van der Waals surface area contributed by atoms with Crippen molar-refractivity contribution in [3.8, 4) is 0 Å². The third-order valence-electron chi connectivity index (χ3n) is 9.63. The van der Waals surface area contributed by atoms with E-state index in [1.165, 1.54) is 44.9 Å². The van der Waals surface area contributed by atoms with Crippen LogP contribution in [-0.4, -0.2) is 22.4 Å². The van der Waals surface area contributed by atoms with Gasteiger partial charge < -0.3 is 10.2 Å². The molecule has 0 spiro atoms. The van der Waals surface area contributed by atoms with Crippen LogP contribution in [0.25, 0.3) is 0 Å². The molecule has 4 saturated carbocycles. The van der Waals surface area contributed by atoms with Gasteiger partial charge in [-0.1, -0.05) is 13.8 Å². The lowest BCUT2D eigenvalue weighted by Crippen LogP contribution is -2.55. The molecule has 0 aliphatic heterocycles. The van der Waals surface area contributed by atoms with Gasteiger partial charge in [0.25, 0.3) is 0 Å². The Morgan fingerprint density at radius 2 is 1.58 bits per heavy atom. The summed E-state index contributed by atoms with van der Waals surface area (Å²) in [6.07, 6.45) is 12.5. The zero-order chi connectivity index (χ0) is 17.2. The van der Waals surface area contributed by atoms with Crippen LogP contribution in [0.4, 0.5) is 0 Å². The van der Waals surface area contributed by atoms with Crippen molar-refractivity contribution in [2.24, 2.45) is 40.4 Å². The second kappa shape index (κ2) is 5.71. The van der Waals surface area contributed by atoms with Crippen LogP contribution in [0.3, 0.4) is 0 Å². The zero-order valence-corrected chi connectivity index (χ0v) is 16.1. The number of rotatable bonds is 2. The molecule has 138 valence electrons. The van der Waals surface area contributed by atoms with Crippen LogP contribution in [0.5, 0.6) is 0 Å². The van der Waals surface area contributed by atoms with Crippen molar-refractivity contribution in [1.29, 1.82) is 0 Å². The minimum Gasteiger partial charge on any atom is -0.396 e. The van der Waals surface area contributed by atoms with Gasteiger partial charge in [0.05, 0.1) is 5.60 Å². The van der Waals surface area contributed by atoms with Crippen molar-refractivity contribution >= 4 is 0 Å². The summed E-state index contributed by atoms with van der Waals surface area (Å²) in [5, 5.41) is 20.1. The third kappa shape index (κ3) is 2.42. The Hall–Kier alpha value is -0.0800. The zero-order valence-electron chi connectivity index (χ0n) is 16.1. The minimum atomic E-state index is -0.417. The van der Waals surface area contributed by atoms with Crippen molar-refractivity contribution < 1.29 is 10.2 Å². The predicted molar refractivity (Wildman–Crippen MR) is 97.5 cm³/mol. The first-order valence-electron chi connectivity index (χ1n) is 10.6. The number of hydrogen-bond donors (Lipinski definition) is 2. The fourth-order valence-corrected chi connectivity index (χ4v) is 8.17. The van der Waals surface area contributed by atoms with Crippen molar-refractivity contribution in [2.75, 3.05) is 6.61 Å². The van der Waals surface area contributed by atoms with Gasteiger partial charge in [0.1, 0.15) is 0 Å². The summed E-state index contributed by atoms with van der Waals surface area (Å²) < 4.78 is 0. The Labute approximate surface area is 148 Å². The molecule has 0 radical (unpaired) electrons. The highest BCUT2D eigenvalue weighted by Crippen LogP contribution is 2.68. The van der Waals surface area contributed by atoms with Gasteiger partial charge in [-0.3, -0.25) is 0 Å². The molecule has 0 heterocycles. The van der Waals surface area contributed by atoms with E-state index in [4.69, 9.17) is 0 Å². The molecule has 8 atom stereocenters. The average molecular weight is 335 g/mol. The molecule has 24 heavy (non-hydrogen) atoms. The third-order valence-corrected chi connectivity index (χ3v) is 9.63. The molecule has 0 amide bonds. The van der Waals surface area contributed by atoms with Crippen LogP contribution < -0.4 is 0 Å². The molecular formula is C22H38O2. The molecule has 4 aliphatic carbocycles. The first kappa shape index (κ1) is 17.3. The quantitative estimate of drug-likeness (QED) is 0.763. The maximum absolute atomic E-state index is 10.6. The van der Waals surface area contributed by atoms with Gasteiger partial charge in [0, 0.05) is 6.61 Å². The van der Waals surface area contributed by atoms with E-state index in [1.54, 1.807) is 0 Å². The molecule has 2 N–H and O–H groups in total. The van der Waals surface area contributed by atoms with E-state index < -0.39 is 5.60 Å². The SMILES string of the molecule is C[C@@]1(O)CC[C@@]2(C)[C@@H](CC[C@@H]3[C@@H]4CC[C@@H](CCO)[C@]4(C)CC[C@@H]32)C1. The predicted octanol–water partition coefficient (Wildman–Crippen LogP) is 4.78. The van der Waals surface area contributed by atoms with Gasteiger partial charge in [-0.25, -0.2) is 0 Å². The highest BCUT2D eigenvalue weighted by Gasteiger charge is 2.60. The maximum atomic E-state index is 10.6. The average Bonchev–Trinajstić information content (AvgIpc) is 2.85.